The smallest absolute Gasteiger partial charge is 0.228 e. The third kappa shape index (κ3) is 3.05. The predicted octanol–water partition coefficient (Wildman–Crippen LogP) is 0.0428. The Morgan fingerprint density at radius 2 is 2.35 bits per heavy atom. The van der Waals surface area contributed by atoms with E-state index < -0.39 is 0 Å². The molecule has 2 heterocycles. The van der Waals surface area contributed by atoms with E-state index in [4.69, 9.17) is 15.0 Å². The summed E-state index contributed by atoms with van der Waals surface area (Å²) >= 11 is 0. The van der Waals surface area contributed by atoms with Crippen LogP contribution >= 0.6 is 0 Å². The zero-order valence-corrected chi connectivity index (χ0v) is 9.41. The van der Waals surface area contributed by atoms with Gasteiger partial charge in [0.25, 0.3) is 0 Å². The number of nitrogens with two attached hydrogens (primary N) is 1. The largest absolute Gasteiger partial charge is 0.383 e. The summed E-state index contributed by atoms with van der Waals surface area (Å²) in [5.74, 6) is 0.882. The molecule has 2 aromatic heterocycles. The molecule has 2 N–H and O–H groups in total. The first-order valence-electron chi connectivity index (χ1n) is 5.13. The van der Waals surface area contributed by atoms with Gasteiger partial charge in [-0.2, -0.15) is 4.98 Å². The highest BCUT2D eigenvalue weighted by Crippen LogP contribution is 2.11. The first-order valence-corrected chi connectivity index (χ1v) is 5.13. The van der Waals surface area contributed by atoms with Crippen LogP contribution in [0.25, 0.3) is 11.5 Å². The lowest BCUT2D eigenvalue weighted by atomic mass is 10.2. The first kappa shape index (κ1) is 11.6. The summed E-state index contributed by atoms with van der Waals surface area (Å²) in [7, 11) is 1.60. The van der Waals surface area contributed by atoms with Crippen LogP contribution < -0.4 is 5.73 Å². The van der Waals surface area contributed by atoms with Crippen molar-refractivity contribution < 1.29 is 9.26 Å². The lowest BCUT2D eigenvalue weighted by Gasteiger charge is -2.05. The van der Waals surface area contributed by atoms with E-state index in [1.165, 1.54) is 0 Å². The SMILES string of the molecule is COCC(N)Cc1nc(-c2cnccn2)no1. The Morgan fingerprint density at radius 1 is 1.47 bits per heavy atom. The molecule has 1 unspecified atom stereocenters. The number of aromatic nitrogens is 4. The van der Waals surface area contributed by atoms with Crippen LogP contribution in [-0.4, -0.2) is 39.9 Å². The van der Waals surface area contributed by atoms with Crippen LogP contribution in [0.1, 0.15) is 5.89 Å². The Labute approximate surface area is 98.0 Å². The van der Waals surface area contributed by atoms with Gasteiger partial charge in [-0.05, 0) is 0 Å². The maximum atomic E-state index is 5.78. The van der Waals surface area contributed by atoms with Crippen LogP contribution in [0.4, 0.5) is 0 Å². The van der Waals surface area contributed by atoms with Gasteiger partial charge in [0.2, 0.25) is 11.7 Å². The molecular weight excluding hydrogens is 222 g/mol. The standard InChI is InChI=1S/C10H13N5O2/c1-16-6-7(11)4-9-14-10(15-17-9)8-5-12-2-3-13-8/h2-3,5,7H,4,6,11H2,1H3. The Morgan fingerprint density at radius 3 is 3.06 bits per heavy atom. The summed E-state index contributed by atoms with van der Waals surface area (Å²) in [6, 6.07) is -0.157. The molecule has 0 amide bonds. The van der Waals surface area contributed by atoms with Crippen molar-refractivity contribution in [2.75, 3.05) is 13.7 Å². The van der Waals surface area contributed by atoms with Gasteiger partial charge in [-0.15, -0.1) is 0 Å². The number of hydrogen-bond acceptors (Lipinski definition) is 7. The molecule has 2 aromatic rings. The van der Waals surface area contributed by atoms with Gasteiger partial charge in [-0.25, -0.2) is 4.98 Å². The molecule has 90 valence electrons. The van der Waals surface area contributed by atoms with E-state index in [1.54, 1.807) is 25.7 Å². The monoisotopic (exact) mass is 235 g/mol. The van der Waals surface area contributed by atoms with E-state index in [2.05, 4.69) is 20.1 Å². The average molecular weight is 235 g/mol. The highest BCUT2D eigenvalue weighted by Gasteiger charge is 2.12. The molecule has 0 bridgehead atoms. The Bertz CT molecular complexity index is 459. The summed E-state index contributed by atoms with van der Waals surface area (Å²) in [6.07, 6.45) is 5.20. The third-order valence-electron chi connectivity index (χ3n) is 2.08. The van der Waals surface area contributed by atoms with E-state index in [0.717, 1.165) is 0 Å². The van der Waals surface area contributed by atoms with Crippen LogP contribution in [-0.2, 0) is 11.2 Å². The molecule has 2 rings (SSSR count). The van der Waals surface area contributed by atoms with Crippen LogP contribution in [0.3, 0.4) is 0 Å². The van der Waals surface area contributed by atoms with Gasteiger partial charge < -0.3 is 15.0 Å². The zero-order valence-electron chi connectivity index (χ0n) is 9.41. The summed E-state index contributed by atoms with van der Waals surface area (Å²) in [6.45, 7) is 0.447. The summed E-state index contributed by atoms with van der Waals surface area (Å²) in [5.41, 5.74) is 6.36. The highest BCUT2D eigenvalue weighted by molar-refractivity contribution is 5.45. The van der Waals surface area contributed by atoms with Crippen molar-refractivity contribution in [1.82, 2.24) is 20.1 Å². The normalized spacial score (nSPS) is 12.6. The second-order valence-electron chi connectivity index (χ2n) is 3.52. The van der Waals surface area contributed by atoms with Gasteiger partial charge in [0.05, 0.1) is 12.8 Å². The zero-order chi connectivity index (χ0) is 12.1. The lowest BCUT2D eigenvalue weighted by molar-refractivity contribution is 0.176. The molecular formula is C10H13N5O2. The molecule has 0 spiro atoms. The van der Waals surface area contributed by atoms with Crippen molar-refractivity contribution in [3.8, 4) is 11.5 Å². The predicted molar refractivity (Wildman–Crippen MR) is 58.9 cm³/mol. The van der Waals surface area contributed by atoms with Gasteiger partial charge in [0, 0.05) is 32.0 Å². The Kier molecular flexibility index (Phi) is 3.73. The fraction of sp³-hybridized carbons (Fsp3) is 0.400. The van der Waals surface area contributed by atoms with Gasteiger partial charge in [-0.1, -0.05) is 5.16 Å². The molecule has 0 aliphatic carbocycles. The fourth-order valence-electron chi connectivity index (χ4n) is 1.35. The topological polar surface area (TPSA) is 100.0 Å². The summed E-state index contributed by atoms with van der Waals surface area (Å²) < 4.78 is 10.0. The molecule has 7 heteroatoms. The van der Waals surface area contributed by atoms with Gasteiger partial charge in [0.1, 0.15) is 5.69 Å². The van der Waals surface area contributed by atoms with Crippen molar-refractivity contribution in [1.29, 1.82) is 0 Å². The van der Waals surface area contributed by atoms with Crippen molar-refractivity contribution >= 4 is 0 Å². The Hall–Kier alpha value is -1.86. The van der Waals surface area contributed by atoms with E-state index in [1.807, 2.05) is 0 Å². The number of nitrogens with zero attached hydrogens (tertiary/aromatic N) is 4. The Balaban J connectivity index is 2.06. The molecule has 1 atom stereocenters. The molecule has 0 aliphatic heterocycles. The van der Waals surface area contributed by atoms with Gasteiger partial charge in [0.15, 0.2) is 0 Å². The molecule has 0 aliphatic rings. The molecule has 0 aromatic carbocycles. The second kappa shape index (κ2) is 5.46. The minimum atomic E-state index is -0.157. The first-order chi connectivity index (χ1) is 8.29. The van der Waals surface area contributed by atoms with Crippen molar-refractivity contribution in [3.63, 3.8) is 0 Å². The summed E-state index contributed by atoms with van der Waals surface area (Å²) in [4.78, 5) is 12.2. The fourth-order valence-corrected chi connectivity index (χ4v) is 1.35. The molecule has 7 nitrogen and oxygen atoms in total. The van der Waals surface area contributed by atoms with Crippen molar-refractivity contribution in [2.24, 2.45) is 5.73 Å². The van der Waals surface area contributed by atoms with Gasteiger partial charge in [-0.3, -0.25) is 4.98 Å². The number of hydrogen-bond donors (Lipinski definition) is 1. The van der Waals surface area contributed by atoms with Crippen molar-refractivity contribution in [3.05, 3.63) is 24.5 Å². The summed E-state index contributed by atoms with van der Waals surface area (Å²) in [5, 5.41) is 3.81. The van der Waals surface area contributed by atoms with E-state index in [-0.39, 0.29) is 6.04 Å². The molecule has 17 heavy (non-hydrogen) atoms. The van der Waals surface area contributed by atoms with E-state index in [0.29, 0.717) is 30.4 Å². The van der Waals surface area contributed by atoms with Crippen LogP contribution in [0.2, 0.25) is 0 Å². The highest BCUT2D eigenvalue weighted by atomic mass is 16.5. The molecule has 0 saturated heterocycles. The minimum Gasteiger partial charge on any atom is -0.383 e. The number of methoxy groups -OCH3 is 1. The van der Waals surface area contributed by atoms with Gasteiger partial charge >= 0.3 is 0 Å². The maximum Gasteiger partial charge on any atom is 0.228 e. The van der Waals surface area contributed by atoms with E-state index in [9.17, 15) is 0 Å². The van der Waals surface area contributed by atoms with Crippen molar-refractivity contribution in [2.45, 2.75) is 12.5 Å². The van der Waals surface area contributed by atoms with Crippen LogP contribution in [0.5, 0.6) is 0 Å². The maximum absolute atomic E-state index is 5.78. The second-order valence-corrected chi connectivity index (χ2v) is 3.52. The quantitative estimate of drug-likeness (QED) is 0.781. The van der Waals surface area contributed by atoms with Crippen LogP contribution in [0, 0.1) is 0 Å². The molecule has 0 saturated carbocycles. The average Bonchev–Trinajstić information content (AvgIpc) is 2.79. The molecule has 0 radical (unpaired) electrons. The molecule has 0 fully saturated rings. The number of rotatable bonds is 5. The van der Waals surface area contributed by atoms with E-state index >= 15 is 0 Å². The van der Waals surface area contributed by atoms with Crippen LogP contribution in [0.15, 0.2) is 23.1 Å². The lowest BCUT2D eigenvalue weighted by Crippen LogP contribution is -2.28. The minimum absolute atomic E-state index is 0.157. The number of ether oxygens (including phenoxy) is 1. The third-order valence-corrected chi connectivity index (χ3v) is 2.08.